The summed E-state index contributed by atoms with van der Waals surface area (Å²) < 4.78 is 9.64. The van der Waals surface area contributed by atoms with E-state index in [2.05, 4.69) is 0 Å². The van der Waals surface area contributed by atoms with E-state index in [0.29, 0.717) is 0 Å². The second-order valence-electron chi connectivity index (χ2n) is 4.24. The lowest BCUT2D eigenvalue weighted by Gasteiger charge is -2.24. The number of ether oxygens (including phenoxy) is 2. The summed E-state index contributed by atoms with van der Waals surface area (Å²) in [6.07, 6.45) is 0.538. The first-order valence-electron chi connectivity index (χ1n) is 6.50. The van der Waals surface area contributed by atoms with Crippen molar-refractivity contribution in [2.24, 2.45) is 11.8 Å². The number of rotatable bonds is 8. The van der Waals surface area contributed by atoms with Gasteiger partial charge >= 0.3 is 11.9 Å². The molecule has 0 aliphatic heterocycles. The maximum Gasteiger partial charge on any atom is 0.323 e. The molecule has 0 fully saturated rings. The van der Waals surface area contributed by atoms with Gasteiger partial charge < -0.3 is 14.6 Å². The third-order valence-corrected chi connectivity index (χ3v) is 2.75. The van der Waals surface area contributed by atoms with Crippen LogP contribution in [-0.2, 0) is 19.1 Å². The predicted octanol–water partition coefficient (Wildman–Crippen LogP) is 1.53. The molecule has 0 aromatic rings. The standard InChI is InChI=1S/C13H24O5/c1-5-8-9(4)11(14)10(12(15)17-6-2)13(16)18-7-3/h9-11,14H,5-8H2,1-4H3. The van der Waals surface area contributed by atoms with Crippen molar-refractivity contribution in [3.63, 3.8) is 0 Å². The van der Waals surface area contributed by atoms with E-state index in [1.807, 2.05) is 6.92 Å². The summed E-state index contributed by atoms with van der Waals surface area (Å²) in [5, 5.41) is 10.1. The van der Waals surface area contributed by atoms with Crippen LogP contribution in [-0.4, -0.2) is 36.4 Å². The molecular formula is C13H24O5. The van der Waals surface area contributed by atoms with Gasteiger partial charge in [0.1, 0.15) is 0 Å². The Hall–Kier alpha value is -1.10. The van der Waals surface area contributed by atoms with E-state index in [1.54, 1.807) is 20.8 Å². The van der Waals surface area contributed by atoms with Crippen LogP contribution in [0.3, 0.4) is 0 Å². The summed E-state index contributed by atoms with van der Waals surface area (Å²) in [5.41, 5.74) is 0. The van der Waals surface area contributed by atoms with Crippen molar-refractivity contribution in [2.45, 2.75) is 46.6 Å². The lowest BCUT2D eigenvalue weighted by molar-refractivity contribution is -0.168. The number of aliphatic hydroxyl groups excluding tert-OH is 1. The van der Waals surface area contributed by atoms with Gasteiger partial charge in [0.2, 0.25) is 0 Å². The maximum atomic E-state index is 11.7. The minimum atomic E-state index is -1.24. The SMILES string of the molecule is CCCC(C)C(O)C(C(=O)OCC)C(=O)OCC. The van der Waals surface area contributed by atoms with E-state index in [1.165, 1.54) is 0 Å². The van der Waals surface area contributed by atoms with E-state index < -0.39 is 24.0 Å². The molecule has 0 aliphatic rings. The van der Waals surface area contributed by atoms with Crippen molar-refractivity contribution in [2.75, 3.05) is 13.2 Å². The minimum Gasteiger partial charge on any atom is -0.465 e. The fourth-order valence-corrected chi connectivity index (χ4v) is 1.79. The van der Waals surface area contributed by atoms with Gasteiger partial charge in [0.05, 0.1) is 19.3 Å². The Morgan fingerprint density at radius 2 is 1.50 bits per heavy atom. The first-order chi connectivity index (χ1) is 8.49. The highest BCUT2D eigenvalue weighted by Crippen LogP contribution is 2.20. The normalized spacial score (nSPS) is 14.1. The summed E-state index contributed by atoms with van der Waals surface area (Å²) in [6.45, 7) is 7.43. The first kappa shape index (κ1) is 16.9. The van der Waals surface area contributed by atoms with Crippen LogP contribution in [0.5, 0.6) is 0 Å². The van der Waals surface area contributed by atoms with Crippen LogP contribution in [0, 0.1) is 11.8 Å². The van der Waals surface area contributed by atoms with Crippen molar-refractivity contribution < 1.29 is 24.2 Å². The molecular weight excluding hydrogens is 236 g/mol. The molecule has 5 heteroatoms. The van der Waals surface area contributed by atoms with Gasteiger partial charge in [-0.3, -0.25) is 9.59 Å². The molecule has 106 valence electrons. The van der Waals surface area contributed by atoms with E-state index in [-0.39, 0.29) is 19.1 Å². The number of aliphatic hydroxyl groups is 1. The smallest absolute Gasteiger partial charge is 0.323 e. The molecule has 0 aliphatic carbocycles. The molecule has 0 aromatic carbocycles. The van der Waals surface area contributed by atoms with Gasteiger partial charge in [0.15, 0.2) is 5.92 Å². The second-order valence-corrected chi connectivity index (χ2v) is 4.24. The van der Waals surface area contributed by atoms with Gasteiger partial charge in [0, 0.05) is 0 Å². The van der Waals surface area contributed by atoms with E-state index in [4.69, 9.17) is 9.47 Å². The topological polar surface area (TPSA) is 72.8 Å². The molecule has 0 amide bonds. The third kappa shape index (κ3) is 5.04. The van der Waals surface area contributed by atoms with Gasteiger partial charge in [-0.1, -0.05) is 20.3 Å². The van der Waals surface area contributed by atoms with Crippen molar-refractivity contribution in [3.8, 4) is 0 Å². The molecule has 18 heavy (non-hydrogen) atoms. The minimum absolute atomic E-state index is 0.159. The molecule has 0 bridgehead atoms. The van der Waals surface area contributed by atoms with Crippen molar-refractivity contribution in [1.82, 2.24) is 0 Å². The van der Waals surface area contributed by atoms with Gasteiger partial charge in [-0.2, -0.15) is 0 Å². The molecule has 2 unspecified atom stereocenters. The highest BCUT2D eigenvalue weighted by Gasteiger charge is 2.38. The predicted molar refractivity (Wildman–Crippen MR) is 66.8 cm³/mol. The lowest BCUT2D eigenvalue weighted by atomic mass is 9.89. The molecule has 5 nitrogen and oxygen atoms in total. The summed E-state index contributed by atoms with van der Waals surface area (Å²) >= 11 is 0. The van der Waals surface area contributed by atoms with Crippen molar-refractivity contribution in [3.05, 3.63) is 0 Å². The van der Waals surface area contributed by atoms with Gasteiger partial charge in [0.25, 0.3) is 0 Å². The maximum absolute atomic E-state index is 11.7. The Balaban J connectivity index is 4.84. The molecule has 1 N–H and O–H groups in total. The van der Waals surface area contributed by atoms with Crippen LogP contribution in [0.25, 0.3) is 0 Å². The fourth-order valence-electron chi connectivity index (χ4n) is 1.79. The van der Waals surface area contributed by atoms with Gasteiger partial charge in [-0.15, -0.1) is 0 Å². The van der Waals surface area contributed by atoms with Crippen LogP contribution in [0.15, 0.2) is 0 Å². The first-order valence-corrected chi connectivity index (χ1v) is 6.50. The quantitative estimate of drug-likeness (QED) is 0.529. The van der Waals surface area contributed by atoms with Crippen molar-refractivity contribution >= 4 is 11.9 Å². The zero-order valence-electron chi connectivity index (χ0n) is 11.6. The van der Waals surface area contributed by atoms with Crippen molar-refractivity contribution in [1.29, 1.82) is 0 Å². The summed E-state index contributed by atoms with van der Waals surface area (Å²) in [4.78, 5) is 23.5. The number of hydrogen-bond donors (Lipinski definition) is 1. The summed E-state index contributed by atoms with van der Waals surface area (Å²) in [5.74, 6) is -2.84. The molecule has 0 spiro atoms. The van der Waals surface area contributed by atoms with Crippen LogP contribution in [0.2, 0.25) is 0 Å². The van der Waals surface area contributed by atoms with Crippen LogP contribution >= 0.6 is 0 Å². The van der Waals surface area contributed by atoms with E-state index in [9.17, 15) is 14.7 Å². The Morgan fingerprint density at radius 3 is 1.83 bits per heavy atom. The fraction of sp³-hybridized carbons (Fsp3) is 0.846. The Morgan fingerprint density at radius 1 is 1.06 bits per heavy atom. The zero-order valence-corrected chi connectivity index (χ0v) is 11.6. The number of hydrogen-bond acceptors (Lipinski definition) is 5. The average Bonchev–Trinajstić information content (AvgIpc) is 2.30. The van der Waals surface area contributed by atoms with Gasteiger partial charge in [-0.05, 0) is 26.2 Å². The van der Waals surface area contributed by atoms with Crippen LogP contribution < -0.4 is 0 Å². The molecule has 2 atom stereocenters. The largest absolute Gasteiger partial charge is 0.465 e. The van der Waals surface area contributed by atoms with E-state index in [0.717, 1.165) is 12.8 Å². The zero-order chi connectivity index (χ0) is 14.1. The second kappa shape index (κ2) is 8.91. The highest BCUT2D eigenvalue weighted by atomic mass is 16.6. The number of esters is 2. The lowest BCUT2D eigenvalue weighted by Crippen LogP contribution is -2.41. The van der Waals surface area contributed by atoms with Gasteiger partial charge in [-0.25, -0.2) is 0 Å². The van der Waals surface area contributed by atoms with Crippen LogP contribution in [0.1, 0.15) is 40.5 Å². The van der Waals surface area contributed by atoms with Crippen LogP contribution in [0.4, 0.5) is 0 Å². The number of carbonyl (C=O) groups is 2. The highest BCUT2D eigenvalue weighted by molar-refractivity contribution is 5.95. The average molecular weight is 260 g/mol. The number of carbonyl (C=O) groups excluding carboxylic acids is 2. The molecule has 0 saturated carbocycles. The molecule has 0 rings (SSSR count). The summed E-state index contributed by atoms with van der Waals surface area (Å²) in [7, 11) is 0. The Labute approximate surface area is 108 Å². The summed E-state index contributed by atoms with van der Waals surface area (Å²) in [6, 6.07) is 0. The Kier molecular flexibility index (Phi) is 8.37. The van der Waals surface area contributed by atoms with E-state index >= 15 is 0 Å². The molecule has 0 aromatic heterocycles. The molecule has 0 heterocycles. The molecule has 0 radical (unpaired) electrons. The Bertz CT molecular complexity index is 246. The monoisotopic (exact) mass is 260 g/mol. The molecule has 0 saturated heterocycles. The third-order valence-electron chi connectivity index (χ3n) is 2.75.